The molecule has 0 aliphatic rings. The lowest BCUT2D eigenvalue weighted by Crippen LogP contribution is -1.97. The number of nitro groups is 1. The normalized spacial score (nSPS) is 10.5. The van der Waals surface area contributed by atoms with Crippen molar-refractivity contribution in [1.29, 1.82) is 0 Å². The van der Waals surface area contributed by atoms with Gasteiger partial charge in [0.05, 0.1) is 12.0 Å². The van der Waals surface area contributed by atoms with Crippen molar-refractivity contribution < 1.29 is 18.8 Å². The van der Waals surface area contributed by atoms with Gasteiger partial charge in [-0.15, -0.1) is 0 Å². The SMILES string of the molecule is COc1ccc(-c2ccc(Oc3cccc(C)n3)c(F)c2)c(Cl)c1[N+](=O)[O-]. The van der Waals surface area contributed by atoms with Gasteiger partial charge < -0.3 is 9.47 Å². The maximum absolute atomic E-state index is 14.5. The van der Waals surface area contributed by atoms with Gasteiger partial charge in [0.1, 0.15) is 5.02 Å². The van der Waals surface area contributed by atoms with Gasteiger partial charge in [-0.25, -0.2) is 9.37 Å². The largest absolute Gasteiger partial charge is 0.490 e. The highest BCUT2D eigenvalue weighted by molar-refractivity contribution is 6.35. The van der Waals surface area contributed by atoms with E-state index in [1.165, 1.54) is 31.4 Å². The molecule has 0 bridgehead atoms. The van der Waals surface area contributed by atoms with Crippen LogP contribution in [0.15, 0.2) is 48.5 Å². The maximum Gasteiger partial charge on any atom is 0.329 e. The summed E-state index contributed by atoms with van der Waals surface area (Å²) in [6.07, 6.45) is 0. The van der Waals surface area contributed by atoms with Gasteiger partial charge in [-0.3, -0.25) is 10.1 Å². The zero-order valence-corrected chi connectivity index (χ0v) is 15.2. The molecule has 3 rings (SSSR count). The molecule has 0 saturated carbocycles. The fourth-order valence-electron chi connectivity index (χ4n) is 2.54. The van der Waals surface area contributed by atoms with E-state index in [0.29, 0.717) is 11.1 Å². The first kappa shape index (κ1) is 18.6. The molecule has 6 nitrogen and oxygen atoms in total. The summed E-state index contributed by atoms with van der Waals surface area (Å²) in [5.74, 6) is -0.374. The minimum absolute atomic E-state index is 0.0176. The predicted octanol–water partition coefficient (Wildman–Crippen LogP) is 5.56. The van der Waals surface area contributed by atoms with Gasteiger partial charge in [0.2, 0.25) is 5.88 Å². The van der Waals surface area contributed by atoms with E-state index in [2.05, 4.69) is 4.98 Å². The third-order valence-corrected chi connectivity index (χ3v) is 4.18. The molecule has 0 N–H and O–H groups in total. The van der Waals surface area contributed by atoms with E-state index in [9.17, 15) is 14.5 Å². The molecule has 0 amide bonds. The fourth-order valence-corrected chi connectivity index (χ4v) is 2.88. The van der Waals surface area contributed by atoms with Crippen molar-refractivity contribution in [3.05, 3.63) is 75.2 Å². The van der Waals surface area contributed by atoms with E-state index in [1.807, 2.05) is 0 Å². The summed E-state index contributed by atoms with van der Waals surface area (Å²) >= 11 is 6.18. The average molecular weight is 389 g/mol. The predicted molar refractivity (Wildman–Crippen MR) is 99.1 cm³/mol. The van der Waals surface area contributed by atoms with Gasteiger partial charge in [-0.2, -0.15) is 0 Å². The third kappa shape index (κ3) is 3.83. The Morgan fingerprint density at radius 1 is 1.15 bits per heavy atom. The molecule has 0 saturated heterocycles. The lowest BCUT2D eigenvalue weighted by molar-refractivity contribution is -0.385. The Kier molecular flexibility index (Phi) is 5.23. The number of aromatic nitrogens is 1. The zero-order valence-electron chi connectivity index (χ0n) is 14.4. The van der Waals surface area contributed by atoms with Crippen molar-refractivity contribution in [2.45, 2.75) is 6.92 Å². The summed E-state index contributed by atoms with van der Waals surface area (Å²) in [6.45, 7) is 1.80. The topological polar surface area (TPSA) is 74.5 Å². The molecular formula is C19H14ClFN2O4. The van der Waals surface area contributed by atoms with E-state index in [4.69, 9.17) is 21.1 Å². The minimum Gasteiger partial charge on any atom is -0.490 e. The number of rotatable bonds is 5. The number of hydrogen-bond acceptors (Lipinski definition) is 5. The van der Waals surface area contributed by atoms with Crippen LogP contribution in [0.5, 0.6) is 17.4 Å². The molecule has 1 aromatic heterocycles. The molecule has 0 atom stereocenters. The van der Waals surface area contributed by atoms with E-state index in [0.717, 1.165) is 5.69 Å². The second kappa shape index (κ2) is 7.59. The van der Waals surface area contributed by atoms with Crippen molar-refractivity contribution in [3.8, 4) is 28.5 Å². The van der Waals surface area contributed by atoms with Gasteiger partial charge >= 0.3 is 5.69 Å². The first-order valence-corrected chi connectivity index (χ1v) is 8.21. The summed E-state index contributed by atoms with van der Waals surface area (Å²) in [7, 11) is 1.31. The number of ether oxygens (including phenoxy) is 2. The minimum atomic E-state index is -0.648. The van der Waals surface area contributed by atoms with Crippen LogP contribution in [-0.4, -0.2) is 17.0 Å². The Bertz CT molecular complexity index is 1030. The van der Waals surface area contributed by atoms with E-state index >= 15 is 0 Å². The quantitative estimate of drug-likeness (QED) is 0.422. The van der Waals surface area contributed by atoms with Gasteiger partial charge in [-0.05, 0) is 42.8 Å². The molecule has 0 spiro atoms. The van der Waals surface area contributed by atoms with E-state index < -0.39 is 10.7 Å². The second-order valence-electron chi connectivity index (χ2n) is 5.60. The number of hydrogen-bond donors (Lipinski definition) is 0. The van der Waals surface area contributed by atoms with E-state index in [1.54, 1.807) is 31.2 Å². The standard InChI is InChI=1S/C19H14ClFN2O4/c1-11-4-3-5-17(22-11)27-15-8-6-12(10-14(15)21)13-7-9-16(26-2)19(18(13)20)23(24)25/h3-10H,1-2H3. The Hall–Kier alpha value is -3.19. The van der Waals surface area contributed by atoms with Crippen molar-refractivity contribution in [2.75, 3.05) is 7.11 Å². The number of nitrogens with zero attached hydrogens (tertiary/aromatic N) is 2. The molecule has 138 valence electrons. The van der Waals surface area contributed by atoms with Crippen LogP contribution in [0.2, 0.25) is 5.02 Å². The van der Waals surface area contributed by atoms with Crippen LogP contribution in [0.1, 0.15) is 5.69 Å². The Morgan fingerprint density at radius 2 is 1.89 bits per heavy atom. The lowest BCUT2D eigenvalue weighted by Gasteiger charge is -2.11. The van der Waals surface area contributed by atoms with Crippen molar-refractivity contribution in [2.24, 2.45) is 0 Å². The van der Waals surface area contributed by atoms with Crippen LogP contribution < -0.4 is 9.47 Å². The molecule has 2 aromatic carbocycles. The molecule has 3 aromatic rings. The third-order valence-electron chi connectivity index (χ3n) is 3.80. The smallest absolute Gasteiger partial charge is 0.329 e. The first-order valence-electron chi connectivity index (χ1n) is 7.83. The van der Waals surface area contributed by atoms with Crippen LogP contribution in [0.25, 0.3) is 11.1 Å². The summed E-state index contributed by atoms with van der Waals surface area (Å²) in [5.41, 5.74) is 1.04. The van der Waals surface area contributed by atoms with Gasteiger partial charge in [0.25, 0.3) is 0 Å². The van der Waals surface area contributed by atoms with Crippen LogP contribution in [-0.2, 0) is 0 Å². The van der Waals surface area contributed by atoms with Gasteiger partial charge in [0.15, 0.2) is 17.3 Å². The highest BCUT2D eigenvalue weighted by atomic mass is 35.5. The monoisotopic (exact) mass is 388 g/mol. The highest BCUT2D eigenvalue weighted by Gasteiger charge is 2.24. The lowest BCUT2D eigenvalue weighted by atomic mass is 10.0. The molecule has 27 heavy (non-hydrogen) atoms. The number of benzene rings is 2. The molecule has 8 heteroatoms. The molecule has 0 fully saturated rings. The number of methoxy groups -OCH3 is 1. The molecule has 0 unspecified atom stereocenters. The van der Waals surface area contributed by atoms with Gasteiger partial charge in [-0.1, -0.05) is 23.7 Å². The molecule has 0 radical (unpaired) electrons. The number of halogens is 2. The molecule has 0 aliphatic carbocycles. The highest BCUT2D eigenvalue weighted by Crippen LogP contribution is 2.42. The van der Waals surface area contributed by atoms with Crippen molar-refractivity contribution >= 4 is 17.3 Å². The summed E-state index contributed by atoms with van der Waals surface area (Å²) in [6, 6.07) is 12.3. The molecule has 1 heterocycles. The number of nitro benzene ring substituents is 1. The van der Waals surface area contributed by atoms with Crippen molar-refractivity contribution in [1.82, 2.24) is 4.98 Å². The number of pyridine rings is 1. The molecular weight excluding hydrogens is 375 g/mol. The van der Waals surface area contributed by atoms with Crippen molar-refractivity contribution in [3.63, 3.8) is 0 Å². The average Bonchev–Trinajstić information content (AvgIpc) is 2.63. The van der Waals surface area contributed by atoms with Crippen LogP contribution in [0.4, 0.5) is 10.1 Å². The summed E-state index contributed by atoms with van der Waals surface area (Å²) in [5, 5.41) is 11.1. The fraction of sp³-hybridized carbons (Fsp3) is 0.105. The summed E-state index contributed by atoms with van der Waals surface area (Å²) < 4.78 is 24.9. The summed E-state index contributed by atoms with van der Waals surface area (Å²) in [4.78, 5) is 14.8. The Morgan fingerprint density at radius 3 is 2.52 bits per heavy atom. The maximum atomic E-state index is 14.5. The van der Waals surface area contributed by atoms with Crippen LogP contribution in [0, 0.1) is 22.9 Å². The first-order chi connectivity index (χ1) is 12.9. The second-order valence-corrected chi connectivity index (χ2v) is 5.98. The number of aryl methyl sites for hydroxylation is 1. The van der Waals surface area contributed by atoms with Crippen LogP contribution >= 0.6 is 11.6 Å². The molecule has 0 aliphatic heterocycles. The Labute approximate surface area is 159 Å². The van der Waals surface area contributed by atoms with E-state index in [-0.39, 0.29) is 28.1 Å². The van der Waals surface area contributed by atoms with Crippen LogP contribution in [0.3, 0.4) is 0 Å². The van der Waals surface area contributed by atoms with Gasteiger partial charge in [0, 0.05) is 17.3 Å². The Balaban J connectivity index is 1.99. The zero-order chi connectivity index (χ0) is 19.6.